The van der Waals surface area contributed by atoms with Gasteiger partial charge < -0.3 is 24.3 Å². The van der Waals surface area contributed by atoms with E-state index in [1.54, 1.807) is 18.2 Å². The fraction of sp³-hybridized carbons (Fsp3) is 0.536. The second-order valence-electron chi connectivity index (χ2n) is 10.4. The number of carbonyl (C=O) groups is 1. The highest BCUT2D eigenvalue weighted by molar-refractivity contribution is 5.85. The third kappa shape index (κ3) is 6.28. The molecule has 0 spiro atoms. The second kappa shape index (κ2) is 10.7. The van der Waals surface area contributed by atoms with Gasteiger partial charge in [-0.2, -0.15) is 0 Å². The summed E-state index contributed by atoms with van der Waals surface area (Å²) in [4.78, 5) is 13.6. The standard InChI is InChI=1S/C28H36FNO5/c1-19(2)16-30-26(31)28(33-18-21-12-8-9-13-22(21)29)14-23(32-17-20-10-6-5-7-11-20)25-24(15-28)34-27(3,4)35-25/h5-13,19,23-25H,14-18H2,1-4H3,(H,30,31)/t23?,24-,25+,28-/m1/s1. The average molecular weight is 486 g/mol. The Hall–Kier alpha value is -2.32. The second-order valence-corrected chi connectivity index (χ2v) is 10.4. The van der Waals surface area contributed by atoms with Gasteiger partial charge >= 0.3 is 0 Å². The summed E-state index contributed by atoms with van der Waals surface area (Å²) < 4.78 is 39.5. The number of amides is 1. The molecule has 1 N–H and O–H groups in total. The van der Waals surface area contributed by atoms with Crippen LogP contribution in [0.3, 0.4) is 0 Å². The molecule has 6 nitrogen and oxygen atoms in total. The highest BCUT2D eigenvalue weighted by Crippen LogP contribution is 2.44. The van der Waals surface area contributed by atoms with Gasteiger partial charge in [0.1, 0.15) is 11.9 Å². The quantitative estimate of drug-likeness (QED) is 0.555. The van der Waals surface area contributed by atoms with E-state index in [0.29, 0.717) is 25.1 Å². The maximum atomic E-state index is 14.4. The fourth-order valence-electron chi connectivity index (χ4n) is 4.77. The summed E-state index contributed by atoms with van der Waals surface area (Å²) in [5.74, 6) is -1.13. The minimum absolute atomic E-state index is 0.0329. The summed E-state index contributed by atoms with van der Waals surface area (Å²) >= 11 is 0. The van der Waals surface area contributed by atoms with E-state index >= 15 is 0 Å². The van der Waals surface area contributed by atoms with Gasteiger partial charge in [-0.25, -0.2) is 4.39 Å². The molecule has 4 rings (SSSR count). The summed E-state index contributed by atoms with van der Waals surface area (Å²) in [7, 11) is 0. The first-order valence-corrected chi connectivity index (χ1v) is 12.3. The zero-order valence-corrected chi connectivity index (χ0v) is 21.0. The molecule has 0 bridgehead atoms. The minimum Gasteiger partial charge on any atom is -0.371 e. The highest BCUT2D eigenvalue weighted by atomic mass is 19.1. The number of fused-ring (bicyclic) bond motifs is 1. The van der Waals surface area contributed by atoms with E-state index in [1.165, 1.54) is 6.07 Å². The van der Waals surface area contributed by atoms with Crippen molar-refractivity contribution >= 4 is 5.91 Å². The summed E-state index contributed by atoms with van der Waals surface area (Å²) in [6.07, 6.45) is -0.605. The molecule has 35 heavy (non-hydrogen) atoms. The van der Waals surface area contributed by atoms with Crippen LogP contribution in [0.25, 0.3) is 0 Å². The molecule has 2 aromatic rings. The molecule has 0 aromatic heterocycles. The smallest absolute Gasteiger partial charge is 0.252 e. The SMILES string of the molecule is CC(C)CNC(=O)[C@@]1(OCc2ccccc2F)CC(OCc2ccccc2)[C@@H]2OC(C)(C)O[C@@H]2C1. The van der Waals surface area contributed by atoms with E-state index in [1.807, 2.05) is 58.0 Å². The molecular weight excluding hydrogens is 449 g/mol. The maximum absolute atomic E-state index is 14.4. The normalized spacial score (nSPS) is 27.5. The molecule has 1 aliphatic heterocycles. The molecule has 2 aromatic carbocycles. The zero-order chi connectivity index (χ0) is 25.1. The van der Waals surface area contributed by atoms with E-state index in [2.05, 4.69) is 5.32 Å². The third-order valence-electron chi connectivity index (χ3n) is 6.50. The van der Waals surface area contributed by atoms with Gasteiger partial charge in [0, 0.05) is 24.9 Å². The topological polar surface area (TPSA) is 66.0 Å². The van der Waals surface area contributed by atoms with Gasteiger partial charge in [0.2, 0.25) is 0 Å². The van der Waals surface area contributed by atoms with Crippen molar-refractivity contribution in [1.29, 1.82) is 0 Å². The van der Waals surface area contributed by atoms with Gasteiger partial charge in [-0.3, -0.25) is 4.79 Å². The lowest BCUT2D eigenvalue weighted by molar-refractivity contribution is -0.183. The van der Waals surface area contributed by atoms with Crippen molar-refractivity contribution in [3.63, 3.8) is 0 Å². The highest BCUT2D eigenvalue weighted by Gasteiger charge is 2.58. The molecule has 190 valence electrons. The monoisotopic (exact) mass is 485 g/mol. The molecule has 1 heterocycles. The van der Waals surface area contributed by atoms with Crippen LogP contribution in [0.4, 0.5) is 4.39 Å². The lowest BCUT2D eigenvalue weighted by Gasteiger charge is -2.43. The molecule has 0 radical (unpaired) electrons. The van der Waals surface area contributed by atoms with E-state index in [9.17, 15) is 9.18 Å². The summed E-state index contributed by atoms with van der Waals surface area (Å²) in [5, 5.41) is 3.03. The van der Waals surface area contributed by atoms with Crippen LogP contribution in [-0.2, 0) is 37.0 Å². The Balaban J connectivity index is 1.61. The number of carbonyl (C=O) groups excluding carboxylic acids is 1. The van der Waals surface area contributed by atoms with Crippen LogP contribution in [0.1, 0.15) is 51.7 Å². The minimum atomic E-state index is -1.25. The van der Waals surface area contributed by atoms with Crippen molar-refractivity contribution in [2.45, 2.75) is 83.5 Å². The molecule has 4 atom stereocenters. The lowest BCUT2D eigenvalue weighted by Crippen LogP contribution is -2.60. The van der Waals surface area contributed by atoms with Crippen molar-refractivity contribution in [1.82, 2.24) is 5.32 Å². The van der Waals surface area contributed by atoms with Crippen LogP contribution >= 0.6 is 0 Å². The number of benzene rings is 2. The predicted octanol–water partition coefficient (Wildman–Crippen LogP) is 4.75. The van der Waals surface area contributed by atoms with Gasteiger partial charge in [0.15, 0.2) is 11.4 Å². The first kappa shape index (κ1) is 25.8. The molecule has 1 unspecified atom stereocenters. The van der Waals surface area contributed by atoms with E-state index < -0.39 is 23.6 Å². The fourth-order valence-corrected chi connectivity index (χ4v) is 4.77. The van der Waals surface area contributed by atoms with Crippen LogP contribution < -0.4 is 5.32 Å². The van der Waals surface area contributed by atoms with Gasteiger partial charge in [-0.15, -0.1) is 0 Å². The summed E-state index contributed by atoms with van der Waals surface area (Å²) in [6, 6.07) is 16.3. The van der Waals surface area contributed by atoms with Crippen LogP contribution in [0.15, 0.2) is 54.6 Å². The molecule has 2 aliphatic rings. The van der Waals surface area contributed by atoms with Crippen molar-refractivity contribution in [3.8, 4) is 0 Å². The van der Waals surface area contributed by atoms with Crippen molar-refractivity contribution < 1.29 is 28.1 Å². The van der Waals surface area contributed by atoms with Gasteiger partial charge in [-0.05, 0) is 31.4 Å². The van der Waals surface area contributed by atoms with Gasteiger partial charge in [0.05, 0.1) is 25.4 Å². The molecule has 7 heteroatoms. The van der Waals surface area contributed by atoms with Gasteiger partial charge in [-0.1, -0.05) is 62.4 Å². The number of hydrogen-bond acceptors (Lipinski definition) is 5. The Kier molecular flexibility index (Phi) is 7.91. The Morgan fingerprint density at radius 1 is 1.06 bits per heavy atom. The Bertz CT molecular complexity index is 998. The first-order chi connectivity index (χ1) is 16.7. The average Bonchev–Trinajstić information content (AvgIpc) is 3.14. The van der Waals surface area contributed by atoms with Crippen LogP contribution in [0, 0.1) is 11.7 Å². The number of halogens is 1. The van der Waals surface area contributed by atoms with Crippen LogP contribution in [-0.4, -0.2) is 42.2 Å². The molecule has 2 fully saturated rings. The summed E-state index contributed by atoms with van der Waals surface area (Å²) in [5.41, 5.74) is 0.176. The van der Waals surface area contributed by atoms with Crippen LogP contribution in [0.5, 0.6) is 0 Å². The summed E-state index contributed by atoms with van der Waals surface area (Å²) in [6.45, 7) is 8.64. The molecule has 1 saturated heterocycles. The number of nitrogens with one attached hydrogen (secondary N) is 1. The van der Waals surface area contributed by atoms with E-state index in [-0.39, 0.29) is 36.8 Å². The number of ether oxygens (including phenoxy) is 4. The maximum Gasteiger partial charge on any atom is 0.252 e. The molecular formula is C28H36FNO5. The Labute approximate surface area is 207 Å². The van der Waals surface area contributed by atoms with Crippen molar-refractivity contribution in [2.75, 3.05) is 6.54 Å². The lowest BCUT2D eigenvalue weighted by atomic mass is 9.78. The van der Waals surface area contributed by atoms with E-state index in [0.717, 1.165) is 5.56 Å². The Morgan fingerprint density at radius 3 is 2.49 bits per heavy atom. The van der Waals surface area contributed by atoms with Gasteiger partial charge in [0.25, 0.3) is 5.91 Å². The molecule has 1 aliphatic carbocycles. The third-order valence-corrected chi connectivity index (χ3v) is 6.50. The molecule has 1 amide bonds. The largest absolute Gasteiger partial charge is 0.371 e. The molecule has 1 saturated carbocycles. The first-order valence-electron chi connectivity index (χ1n) is 12.3. The zero-order valence-electron chi connectivity index (χ0n) is 21.0. The number of hydrogen-bond donors (Lipinski definition) is 1. The van der Waals surface area contributed by atoms with Crippen molar-refractivity contribution in [2.24, 2.45) is 5.92 Å². The van der Waals surface area contributed by atoms with E-state index in [4.69, 9.17) is 18.9 Å². The predicted molar refractivity (Wildman–Crippen MR) is 130 cm³/mol. The van der Waals surface area contributed by atoms with Crippen LogP contribution in [0.2, 0.25) is 0 Å². The number of rotatable bonds is 9. The Morgan fingerprint density at radius 2 is 1.77 bits per heavy atom. The van der Waals surface area contributed by atoms with Crippen molar-refractivity contribution in [3.05, 3.63) is 71.5 Å².